The van der Waals surface area contributed by atoms with Crippen molar-refractivity contribution in [2.45, 2.75) is 84.2 Å². The predicted molar refractivity (Wildman–Crippen MR) is 112 cm³/mol. The highest BCUT2D eigenvalue weighted by atomic mass is 16.6. The second kappa shape index (κ2) is 23.2. The highest BCUT2D eigenvalue weighted by Gasteiger charge is 2.14. The van der Waals surface area contributed by atoms with Gasteiger partial charge in [0.05, 0.1) is 19.8 Å². The molecular formula is C21H43NO7. The topological polar surface area (TPSA) is 128 Å². The van der Waals surface area contributed by atoms with Gasteiger partial charge in [-0.15, -0.1) is 0 Å². The fourth-order valence-electron chi connectivity index (χ4n) is 2.59. The molecule has 0 spiro atoms. The molecule has 0 heterocycles. The Balaban J connectivity index is 0. The molecule has 0 fully saturated rings. The lowest BCUT2D eigenvalue weighted by Crippen LogP contribution is -2.32. The van der Waals surface area contributed by atoms with Gasteiger partial charge in [0.1, 0.15) is 6.10 Å². The fourth-order valence-corrected chi connectivity index (χ4v) is 2.59. The molecule has 8 nitrogen and oxygen atoms in total. The third kappa shape index (κ3) is 23.1. The summed E-state index contributed by atoms with van der Waals surface area (Å²) in [4.78, 5) is 23.9. The first kappa shape index (κ1) is 30.1. The molecule has 29 heavy (non-hydrogen) atoms. The molecule has 1 atom stereocenters. The van der Waals surface area contributed by atoms with Crippen molar-refractivity contribution in [2.24, 2.45) is 0 Å². The molecule has 1 unspecified atom stereocenters. The summed E-state index contributed by atoms with van der Waals surface area (Å²) in [5.41, 5.74) is 0. The summed E-state index contributed by atoms with van der Waals surface area (Å²) in [6.45, 7) is 5.25. The zero-order chi connectivity index (χ0) is 22.3. The van der Waals surface area contributed by atoms with Crippen LogP contribution in [0.25, 0.3) is 0 Å². The second-order valence-electron chi connectivity index (χ2n) is 7.06. The molecular weight excluding hydrogens is 378 g/mol. The van der Waals surface area contributed by atoms with Crippen LogP contribution in [0.2, 0.25) is 0 Å². The summed E-state index contributed by atoms with van der Waals surface area (Å²) < 4.78 is 4.46. The third-order valence-electron chi connectivity index (χ3n) is 4.29. The second-order valence-corrected chi connectivity index (χ2v) is 7.06. The fraction of sp³-hybridized carbons (Fsp3) is 0.905. The predicted octanol–water partition coefficient (Wildman–Crippen LogP) is 1.62. The smallest absolute Gasteiger partial charge is 0.342 e. The largest absolute Gasteiger partial charge is 0.395 e. The molecule has 174 valence electrons. The van der Waals surface area contributed by atoms with Crippen LogP contribution in [-0.2, 0) is 14.3 Å². The zero-order valence-electron chi connectivity index (χ0n) is 18.4. The minimum Gasteiger partial charge on any atom is -0.395 e. The number of aliphatic hydroxyl groups is 4. The van der Waals surface area contributed by atoms with E-state index < -0.39 is 18.0 Å². The number of aliphatic hydroxyl groups excluding tert-OH is 4. The van der Waals surface area contributed by atoms with Gasteiger partial charge >= 0.3 is 11.9 Å². The van der Waals surface area contributed by atoms with Crippen LogP contribution >= 0.6 is 0 Å². The number of rotatable bonds is 17. The van der Waals surface area contributed by atoms with Crippen LogP contribution in [-0.4, -0.2) is 82.8 Å². The molecule has 8 heteroatoms. The molecule has 0 aliphatic rings. The summed E-state index contributed by atoms with van der Waals surface area (Å²) in [5, 5.41) is 34.3. The van der Waals surface area contributed by atoms with Crippen molar-refractivity contribution in [1.82, 2.24) is 4.90 Å². The first-order valence-electron chi connectivity index (χ1n) is 10.9. The van der Waals surface area contributed by atoms with Crippen LogP contribution < -0.4 is 0 Å². The molecule has 0 aromatic carbocycles. The molecule has 0 bridgehead atoms. The summed E-state index contributed by atoms with van der Waals surface area (Å²) in [7, 11) is 0. The average Bonchev–Trinajstić information content (AvgIpc) is 2.67. The van der Waals surface area contributed by atoms with Crippen LogP contribution in [0.5, 0.6) is 0 Å². The number of hydrogen-bond acceptors (Lipinski definition) is 8. The van der Waals surface area contributed by atoms with E-state index in [2.05, 4.69) is 11.7 Å². The standard InChI is InChI=1S/C15H28O4.C6H15NO3/c1-3-4-5-6-7-8-9-10-11-12-14(17)19-15(18)13(2)16;8-4-1-7(2-5-9)3-6-10/h13,16H,3-12H2,1-2H3;8-10H,1-6H2. The van der Waals surface area contributed by atoms with Gasteiger partial charge in [-0.05, 0) is 13.3 Å². The highest BCUT2D eigenvalue weighted by molar-refractivity contribution is 5.87. The summed E-state index contributed by atoms with van der Waals surface area (Å²) >= 11 is 0. The molecule has 0 aromatic rings. The highest BCUT2D eigenvalue weighted by Crippen LogP contribution is 2.10. The van der Waals surface area contributed by atoms with E-state index in [1.165, 1.54) is 45.4 Å². The minimum absolute atomic E-state index is 0.0694. The maximum Gasteiger partial charge on any atom is 0.342 e. The lowest BCUT2D eigenvalue weighted by Gasteiger charge is -2.17. The quantitative estimate of drug-likeness (QED) is 0.158. The van der Waals surface area contributed by atoms with E-state index in [1.807, 2.05) is 0 Å². The van der Waals surface area contributed by atoms with Gasteiger partial charge in [0.2, 0.25) is 0 Å². The Labute approximate surface area is 175 Å². The first-order chi connectivity index (χ1) is 13.9. The SMILES string of the molecule is CCCCCCCCCCCC(=O)OC(=O)C(C)O.OCCN(CCO)CCO. The van der Waals surface area contributed by atoms with E-state index >= 15 is 0 Å². The molecule has 0 saturated carbocycles. The number of nitrogens with zero attached hydrogens (tertiary/aromatic N) is 1. The van der Waals surface area contributed by atoms with Crippen LogP contribution in [0.4, 0.5) is 0 Å². The Bertz CT molecular complexity index is 364. The van der Waals surface area contributed by atoms with Gasteiger partial charge in [-0.25, -0.2) is 4.79 Å². The Kier molecular flexibility index (Phi) is 24.1. The van der Waals surface area contributed by atoms with Crippen molar-refractivity contribution >= 4 is 11.9 Å². The van der Waals surface area contributed by atoms with Crippen molar-refractivity contribution < 1.29 is 34.8 Å². The van der Waals surface area contributed by atoms with Gasteiger partial charge in [0.15, 0.2) is 0 Å². The monoisotopic (exact) mass is 421 g/mol. The Morgan fingerprint density at radius 1 is 0.793 bits per heavy atom. The third-order valence-corrected chi connectivity index (χ3v) is 4.29. The van der Waals surface area contributed by atoms with Crippen molar-refractivity contribution in [2.75, 3.05) is 39.5 Å². The average molecular weight is 422 g/mol. The minimum atomic E-state index is -1.23. The number of ether oxygens (including phenoxy) is 1. The molecule has 0 radical (unpaired) electrons. The Morgan fingerprint density at radius 3 is 1.59 bits per heavy atom. The maximum atomic E-state index is 11.2. The van der Waals surface area contributed by atoms with Crippen molar-refractivity contribution in [3.05, 3.63) is 0 Å². The van der Waals surface area contributed by atoms with Crippen LogP contribution in [0, 0.1) is 0 Å². The number of carbonyl (C=O) groups is 2. The normalized spacial score (nSPS) is 11.7. The number of esters is 2. The Hall–Kier alpha value is -1.06. The number of hydrogen-bond donors (Lipinski definition) is 4. The zero-order valence-corrected chi connectivity index (χ0v) is 18.4. The van der Waals surface area contributed by atoms with E-state index in [4.69, 9.17) is 20.4 Å². The van der Waals surface area contributed by atoms with Gasteiger partial charge < -0.3 is 25.2 Å². The van der Waals surface area contributed by atoms with Crippen molar-refractivity contribution in [3.63, 3.8) is 0 Å². The van der Waals surface area contributed by atoms with Gasteiger partial charge in [-0.1, -0.05) is 58.3 Å². The molecule has 0 rings (SSSR count). The lowest BCUT2D eigenvalue weighted by molar-refractivity contribution is -0.165. The summed E-state index contributed by atoms with van der Waals surface area (Å²) in [6, 6.07) is 0. The van der Waals surface area contributed by atoms with Gasteiger partial charge in [0, 0.05) is 26.1 Å². The first-order valence-corrected chi connectivity index (χ1v) is 10.9. The lowest BCUT2D eigenvalue weighted by atomic mass is 10.1. The van der Waals surface area contributed by atoms with Gasteiger partial charge in [-0.2, -0.15) is 0 Å². The van der Waals surface area contributed by atoms with E-state index in [-0.39, 0.29) is 26.2 Å². The van der Waals surface area contributed by atoms with Crippen molar-refractivity contribution in [3.8, 4) is 0 Å². The van der Waals surface area contributed by atoms with E-state index in [0.29, 0.717) is 19.6 Å². The number of carbonyl (C=O) groups excluding carboxylic acids is 2. The van der Waals surface area contributed by atoms with Gasteiger partial charge in [-0.3, -0.25) is 9.69 Å². The summed E-state index contributed by atoms with van der Waals surface area (Å²) in [5.74, 6) is -1.39. The van der Waals surface area contributed by atoms with Gasteiger partial charge in [0.25, 0.3) is 0 Å². The molecule has 0 aromatic heterocycles. The summed E-state index contributed by atoms with van der Waals surface area (Å²) in [6.07, 6.45) is 9.60. The van der Waals surface area contributed by atoms with Crippen LogP contribution in [0.1, 0.15) is 78.1 Å². The molecule has 0 aliphatic heterocycles. The van der Waals surface area contributed by atoms with Crippen LogP contribution in [0.15, 0.2) is 0 Å². The molecule has 0 aliphatic carbocycles. The van der Waals surface area contributed by atoms with E-state index in [0.717, 1.165) is 19.3 Å². The van der Waals surface area contributed by atoms with Crippen molar-refractivity contribution in [1.29, 1.82) is 0 Å². The number of unbranched alkanes of at least 4 members (excludes halogenated alkanes) is 8. The van der Waals surface area contributed by atoms with E-state index in [9.17, 15) is 9.59 Å². The Morgan fingerprint density at radius 2 is 1.21 bits per heavy atom. The van der Waals surface area contributed by atoms with E-state index in [1.54, 1.807) is 4.90 Å². The molecule has 4 N–H and O–H groups in total. The van der Waals surface area contributed by atoms with Crippen LogP contribution in [0.3, 0.4) is 0 Å². The molecule has 0 amide bonds. The maximum absolute atomic E-state index is 11.2. The molecule has 0 saturated heterocycles.